The van der Waals surface area contributed by atoms with Gasteiger partial charge >= 0.3 is 0 Å². The van der Waals surface area contributed by atoms with E-state index in [1.165, 1.54) is 19.1 Å². The average Bonchev–Trinajstić information content (AvgIpc) is 3.36. The van der Waals surface area contributed by atoms with Gasteiger partial charge in [-0.1, -0.05) is 39.0 Å². The first-order valence-electron chi connectivity index (χ1n) is 15.5. The minimum atomic E-state index is -1.52. The number of nitrogens with zero attached hydrogens (tertiary/aromatic N) is 5. The summed E-state index contributed by atoms with van der Waals surface area (Å²) >= 11 is 0. The number of para-hydroxylation sites is 1. The van der Waals surface area contributed by atoms with E-state index in [4.69, 9.17) is 24.0 Å². The molecule has 1 atom stereocenters. The Labute approximate surface area is 280 Å². The number of ether oxygens (including phenoxy) is 1. The lowest BCUT2D eigenvalue weighted by atomic mass is 10.1. The molecule has 5 aromatic rings. The van der Waals surface area contributed by atoms with Gasteiger partial charge in [-0.25, -0.2) is 23.7 Å². The van der Waals surface area contributed by atoms with Crippen molar-refractivity contribution in [2.45, 2.75) is 58.9 Å². The number of fused-ring (bicyclic) bond motifs is 1. The maximum atomic E-state index is 15.1. The highest BCUT2D eigenvalue weighted by molar-refractivity contribution is 8.29. The summed E-state index contributed by atoms with van der Waals surface area (Å²) in [6.07, 6.45) is 5.41. The molecule has 0 aliphatic rings. The SMILES string of the molecule is CCOc1cc(F)c(Cn2nc(-c3nc(Nc4ccnc(NC(C)=O)c4)cc([C@H](C)OS(C)(C)C(C)(C)C)n3)c3ccccc32)c(F)c1. The number of halogens is 2. The van der Waals surface area contributed by atoms with Gasteiger partial charge in [0.2, 0.25) is 5.91 Å². The van der Waals surface area contributed by atoms with E-state index in [0.717, 1.165) is 0 Å². The molecule has 0 saturated heterocycles. The number of pyridine rings is 1. The van der Waals surface area contributed by atoms with E-state index in [1.54, 1.807) is 29.9 Å². The Bertz CT molecular complexity index is 1940. The van der Waals surface area contributed by atoms with Gasteiger partial charge in [-0.15, -0.1) is 10.3 Å². The first kappa shape index (κ1) is 34.7. The minimum absolute atomic E-state index is 0.0876. The van der Waals surface area contributed by atoms with Crippen molar-refractivity contribution in [1.29, 1.82) is 0 Å². The van der Waals surface area contributed by atoms with Crippen molar-refractivity contribution in [1.82, 2.24) is 24.7 Å². The molecule has 0 aliphatic heterocycles. The summed E-state index contributed by atoms with van der Waals surface area (Å²) in [4.78, 5) is 25.6. The number of carbonyl (C=O) groups excluding carboxylic acids is 1. The zero-order valence-corrected chi connectivity index (χ0v) is 29.2. The fourth-order valence-corrected chi connectivity index (χ4v) is 5.96. The maximum Gasteiger partial charge on any atom is 0.222 e. The van der Waals surface area contributed by atoms with Crippen LogP contribution in [0.2, 0.25) is 0 Å². The number of nitrogens with one attached hydrogen (secondary N) is 2. The van der Waals surface area contributed by atoms with Crippen LogP contribution in [0.25, 0.3) is 22.4 Å². The van der Waals surface area contributed by atoms with Gasteiger partial charge in [0.25, 0.3) is 0 Å². The Hall–Kier alpha value is -4.62. The first-order chi connectivity index (χ1) is 22.6. The maximum absolute atomic E-state index is 15.1. The summed E-state index contributed by atoms with van der Waals surface area (Å²) in [5.41, 5.74) is 2.20. The van der Waals surface area contributed by atoms with Crippen molar-refractivity contribution >= 4 is 44.4 Å². The second-order valence-electron chi connectivity index (χ2n) is 12.6. The summed E-state index contributed by atoms with van der Waals surface area (Å²) in [6, 6.07) is 15.0. The molecule has 254 valence electrons. The topological polar surface area (TPSA) is 116 Å². The zero-order valence-electron chi connectivity index (χ0n) is 28.4. The molecule has 2 aromatic carbocycles. The van der Waals surface area contributed by atoms with Gasteiger partial charge in [-0.2, -0.15) is 5.10 Å². The fourth-order valence-electron chi connectivity index (χ4n) is 4.85. The first-order valence-corrected chi connectivity index (χ1v) is 17.9. The molecule has 0 saturated carbocycles. The van der Waals surface area contributed by atoms with E-state index in [2.05, 4.69) is 48.9 Å². The van der Waals surface area contributed by atoms with Crippen LogP contribution >= 0.6 is 10.3 Å². The number of amides is 1. The van der Waals surface area contributed by atoms with Gasteiger partial charge in [0.1, 0.15) is 40.8 Å². The third kappa shape index (κ3) is 7.74. The number of carbonyl (C=O) groups is 1. The standard InChI is InChI=1S/C35H41F2N7O3S/c1-9-46-24-17-27(36)26(28(37)18-24)20-44-30-13-11-10-12-25(30)33(43-44)34-41-29(21(2)47-48(7,8)35(4,5)6)19-32(42-34)40-23-14-15-38-31(16-23)39-22(3)45/h10-19,21H,9,20H2,1-8H3,(H2,38,39,40,41,42,45)/t21-/m0/s1. The van der Waals surface area contributed by atoms with Crippen LogP contribution in [0, 0.1) is 11.6 Å². The monoisotopic (exact) mass is 677 g/mol. The Balaban J connectivity index is 1.61. The van der Waals surface area contributed by atoms with Crippen LogP contribution in [0.3, 0.4) is 0 Å². The predicted molar refractivity (Wildman–Crippen MR) is 188 cm³/mol. The van der Waals surface area contributed by atoms with Gasteiger partial charge in [0, 0.05) is 58.8 Å². The third-order valence-electron chi connectivity index (χ3n) is 7.96. The van der Waals surface area contributed by atoms with Crippen LogP contribution in [0.15, 0.2) is 60.8 Å². The number of hydrogen-bond acceptors (Lipinski definition) is 8. The summed E-state index contributed by atoms with van der Waals surface area (Å²) in [5.74, 6) is -0.436. The molecular weight excluding hydrogens is 636 g/mol. The normalized spacial score (nSPS) is 13.0. The van der Waals surface area contributed by atoms with Crippen LogP contribution in [0.1, 0.15) is 58.9 Å². The summed E-state index contributed by atoms with van der Waals surface area (Å²) in [5, 5.41) is 11.5. The summed E-state index contributed by atoms with van der Waals surface area (Å²) in [6.45, 7) is 11.7. The zero-order chi connectivity index (χ0) is 34.8. The molecule has 1 amide bonds. The van der Waals surface area contributed by atoms with Gasteiger partial charge < -0.3 is 19.6 Å². The molecule has 3 heterocycles. The average molecular weight is 678 g/mol. The van der Waals surface area contributed by atoms with Crippen molar-refractivity contribution < 1.29 is 22.5 Å². The number of rotatable bonds is 11. The van der Waals surface area contributed by atoms with Crippen LogP contribution in [-0.2, 0) is 15.5 Å². The molecule has 0 fully saturated rings. The number of hydrogen-bond donors (Lipinski definition) is 2. The molecular formula is C35H41F2N7O3S. The Morgan fingerprint density at radius 1 is 1.02 bits per heavy atom. The molecule has 3 aromatic heterocycles. The van der Waals surface area contributed by atoms with Crippen LogP contribution < -0.4 is 15.4 Å². The van der Waals surface area contributed by atoms with Crippen LogP contribution in [0.5, 0.6) is 5.75 Å². The Morgan fingerprint density at radius 2 is 1.73 bits per heavy atom. The van der Waals surface area contributed by atoms with Gasteiger partial charge in [-0.05, 0) is 38.5 Å². The van der Waals surface area contributed by atoms with Gasteiger partial charge in [0.05, 0.1) is 24.4 Å². The highest BCUT2D eigenvalue weighted by atomic mass is 32.3. The van der Waals surface area contributed by atoms with E-state index < -0.39 is 28.0 Å². The van der Waals surface area contributed by atoms with Crippen molar-refractivity contribution in [3.63, 3.8) is 0 Å². The number of anilines is 3. The lowest BCUT2D eigenvalue weighted by molar-refractivity contribution is -0.114. The second-order valence-corrected chi connectivity index (χ2v) is 16.5. The largest absolute Gasteiger partial charge is 0.494 e. The van der Waals surface area contributed by atoms with Gasteiger partial charge in [0.15, 0.2) is 5.82 Å². The second kappa shape index (κ2) is 13.9. The van der Waals surface area contributed by atoms with E-state index in [-0.39, 0.29) is 35.1 Å². The van der Waals surface area contributed by atoms with Crippen molar-refractivity contribution in [3.05, 3.63) is 83.7 Å². The van der Waals surface area contributed by atoms with E-state index >= 15 is 8.78 Å². The quantitative estimate of drug-likeness (QED) is 0.144. The summed E-state index contributed by atoms with van der Waals surface area (Å²) < 4.78 is 43.7. The lowest BCUT2D eigenvalue weighted by Gasteiger charge is -2.45. The van der Waals surface area contributed by atoms with Crippen LogP contribution in [0.4, 0.5) is 26.1 Å². The van der Waals surface area contributed by atoms with E-state index in [1.807, 2.05) is 37.3 Å². The molecule has 10 nitrogen and oxygen atoms in total. The Kier molecular flexibility index (Phi) is 10.0. The van der Waals surface area contributed by atoms with Crippen molar-refractivity contribution in [2.75, 3.05) is 29.8 Å². The van der Waals surface area contributed by atoms with Crippen LogP contribution in [-0.4, -0.2) is 54.5 Å². The molecule has 13 heteroatoms. The minimum Gasteiger partial charge on any atom is -0.494 e. The smallest absolute Gasteiger partial charge is 0.222 e. The van der Waals surface area contributed by atoms with E-state index in [0.29, 0.717) is 45.4 Å². The molecule has 0 spiro atoms. The molecule has 0 unspecified atom stereocenters. The van der Waals surface area contributed by atoms with Gasteiger partial charge in [-0.3, -0.25) is 9.48 Å². The fraction of sp³-hybridized carbons (Fsp3) is 0.343. The number of benzene rings is 2. The molecule has 0 aliphatic carbocycles. The molecule has 48 heavy (non-hydrogen) atoms. The number of aromatic nitrogens is 5. The molecule has 5 rings (SSSR count). The third-order valence-corrected chi connectivity index (χ3v) is 11.7. The van der Waals surface area contributed by atoms with Crippen molar-refractivity contribution in [2.24, 2.45) is 0 Å². The highest BCUT2D eigenvalue weighted by Gasteiger charge is 2.32. The molecule has 2 N–H and O–H groups in total. The molecule has 0 bridgehead atoms. The predicted octanol–water partition coefficient (Wildman–Crippen LogP) is 8.17. The van der Waals surface area contributed by atoms with E-state index in [9.17, 15) is 4.79 Å². The highest BCUT2D eigenvalue weighted by Crippen LogP contribution is 2.56. The lowest BCUT2D eigenvalue weighted by Crippen LogP contribution is -2.26. The Morgan fingerprint density at radius 3 is 2.40 bits per heavy atom. The molecule has 0 radical (unpaired) electrons. The van der Waals surface area contributed by atoms with Crippen molar-refractivity contribution in [3.8, 4) is 17.3 Å². The summed E-state index contributed by atoms with van der Waals surface area (Å²) in [7, 11) is -1.52.